The van der Waals surface area contributed by atoms with E-state index in [1.54, 1.807) is 0 Å². The largest absolute Gasteiger partial charge is 0.497 e. The summed E-state index contributed by atoms with van der Waals surface area (Å²) >= 11 is 0. The zero-order valence-corrected chi connectivity index (χ0v) is 13.8. The SMILES string of the molecule is COC(=O)C1(c2cccc(C(F)(F)F)c2)OB(O)c2cc(OC)ccc21. The fraction of sp³-hybridized carbons (Fsp3) is 0.235. The minimum atomic E-state index is -4.60. The number of carbonyl (C=O) groups is 1. The molecular weight excluding hydrogens is 352 g/mol. The van der Waals surface area contributed by atoms with Crippen LogP contribution in [0.2, 0.25) is 0 Å². The summed E-state index contributed by atoms with van der Waals surface area (Å²) in [6.07, 6.45) is -4.60. The molecule has 1 heterocycles. The van der Waals surface area contributed by atoms with E-state index in [4.69, 9.17) is 14.1 Å². The van der Waals surface area contributed by atoms with Gasteiger partial charge >= 0.3 is 19.3 Å². The number of hydrogen-bond acceptors (Lipinski definition) is 5. The van der Waals surface area contributed by atoms with E-state index in [1.807, 2.05) is 0 Å². The second-order valence-corrected chi connectivity index (χ2v) is 5.67. The summed E-state index contributed by atoms with van der Waals surface area (Å²) in [5, 5.41) is 10.3. The Morgan fingerprint density at radius 3 is 2.54 bits per heavy atom. The first-order valence-corrected chi connectivity index (χ1v) is 7.54. The van der Waals surface area contributed by atoms with Gasteiger partial charge in [0.1, 0.15) is 5.75 Å². The van der Waals surface area contributed by atoms with E-state index < -0.39 is 30.4 Å². The van der Waals surface area contributed by atoms with Gasteiger partial charge in [-0.25, -0.2) is 4.79 Å². The van der Waals surface area contributed by atoms with Crippen molar-refractivity contribution < 1.29 is 37.1 Å². The molecule has 2 aromatic carbocycles. The van der Waals surface area contributed by atoms with Crippen molar-refractivity contribution in [2.45, 2.75) is 11.8 Å². The summed E-state index contributed by atoms with van der Waals surface area (Å²) in [5.41, 5.74) is -2.65. The molecule has 0 bridgehead atoms. The molecule has 0 radical (unpaired) electrons. The number of alkyl halides is 3. The van der Waals surface area contributed by atoms with Gasteiger partial charge in [-0.2, -0.15) is 13.2 Å². The predicted molar refractivity (Wildman–Crippen MR) is 85.9 cm³/mol. The molecule has 1 N–H and O–H groups in total. The van der Waals surface area contributed by atoms with Crippen LogP contribution in [0.3, 0.4) is 0 Å². The lowest BCUT2D eigenvalue weighted by Crippen LogP contribution is -2.40. The average molecular weight is 366 g/mol. The molecular formula is C17H14BF3O5. The third-order valence-electron chi connectivity index (χ3n) is 4.26. The standard InChI is InChI=1S/C17H14BF3O5/c1-24-12-6-7-13-14(9-12)18(23)26-16(13,15(22)25-2)10-4-3-5-11(8-10)17(19,20)21/h3-9,23H,1-2H3. The van der Waals surface area contributed by atoms with Gasteiger partial charge < -0.3 is 19.2 Å². The topological polar surface area (TPSA) is 65.0 Å². The molecule has 2 aromatic rings. The molecule has 0 aromatic heterocycles. The summed E-state index contributed by atoms with van der Waals surface area (Å²) < 4.78 is 54.7. The third-order valence-corrected chi connectivity index (χ3v) is 4.26. The summed E-state index contributed by atoms with van der Waals surface area (Å²) in [6, 6.07) is 8.61. The molecule has 1 aliphatic heterocycles. The van der Waals surface area contributed by atoms with Gasteiger partial charge in [0.2, 0.25) is 5.60 Å². The maximum absolute atomic E-state index is 13.1. The minimum Gasteiger partial charge on any atom is -0.497 e. The molecule has 1 aliphatic rings. The van der Waals surface area contributed by atoms with Crippen molar-refractivity contribution in [3.63, 3.8) is 0 Å². The van der Waals surface area contributed by atoms with Gasteiger partial charge in [-0.15, -0.1) is 0 Å². The smallest absolute Gasteiger partial charge is 0.493 e. The zero-order chi connectivity index (χ0) is 19.1. The number of fused-ring (bicyclic) bond motifs is 1. The number of esters is 1. The first-order chi connectivity index (χ1) is 12.2. The van der Waals surface area contributed by atoms with Crippen LogP contribution in [-0.2, 0) is 26.0 Å². The Morgan fingerprint density at radius 1 is 1.19 bits per heavy atom. The number of hydrogen-bond donors (Lipinski definition) is 1. The van der Waals surface area contributed by atoms with Crippen LogP contribution in [0.1, 0.15) is 16.7 Å². The molecule has 136 valence electrons. The first kappa shape index (κ1) is 18.3. The van der Waals surface area contributed by atoms with Crippen molar-refractivity contribution >= 4 is 18.6 Å². The van der Waals surface area contributed by atoms with Crippen molar-refractivity contribution in [1.29, 1.82) is 0 Å². The Bertz CT molecular complexity index is 855. The Morgan fingerprint density at radius 2 is 1.92 bits per heavy atom. The zero-order valence-electron chi connectivity index (χ0n) is 13.8. The molecule has 1 atom stereocenters. The van der Waals surface area contributed by atoms with Crippen LogP contribution < -0.4 is 10.2 Å². The normalized spacial score (nSPS) is 19.2. The quantitative estimate of drug-likeness (QED) is 0.664. The molecule has 9 heteroatoms. The number of rotatable bonds is 3. The number of methoxy groups -OCH3 is 2. The van der Waals surface area contributed by atoms with E-state index in [-0.39, 0.29) is 16.6 Å². The lowest BCUT2D eigenvalue weighted by molar-refractivity contribution is -0.156. The molecule has 0 amide bonds. The van der Waals surface area contributed by atoms with Crippen LogP contribution in [-0.4, -0.2) is 32.3 Å². The lowest BCUT2D eigenvalue weighted by atomic mass is 9.76. The number of halogens is 3. The summed E-state index contributed by atoms with van der Waals surface area (Å²) in [4.78, 5) is 12.6. The number of ether oxygens (including phenoxy) is 2. The Labute approximate surface area is 147 Å². The van der Waals surface area contributed by atoms with Crippen molar-refractivity contribution in [2.75, 3.05) is 14.2 Å². The van der Waals surface area contributed by atoms with Crippen LogP contribution >= 0.6 is 0 Å². The highest BCUT2D eigenvalue weighted by atomic mass is 19.4. The third kappa shape index (κ3) is 2.73. The molecule has 1 unspecified atom stereocenters. The minimum absolute atomic E-state index is 0.0952. The monoisotopic (exact) mass is 366 g/mol. The van der Waals surface area contributed by atoms with Crippen LogP contribution in [0.25, 0.3) is 0 Å². The predicted octanol–water partition coefficient (Wildman–Crippen LogP) is 1.85. The van der Waals surface area contributed by atoms with E-state index >= 15 is 0 Å². The summed E-state index contributed by atoms with van der Waals surface area (Å²) in [6.45, 7) is 0. The highest BCUT2D eigenvalue weighted by Gasteiger charge is 2.55. The van der Waals surface area contributed by atoms with Crippen molar-refractivity contribution in [3.05, 3.63) is 59.2 Å². The van der Waals surface area contributed by atoms with E-state index in [1.165, 1.54) is 37.4 Å². The van der Waals surface area contributed by atoms with E-state index in [0.29, 0.717) is 5.75 Å². The van der Waals surface area contributed by atoms with Gasteiger partial charge in [-0.1, -0.05) is 18.2 Å². The molecule has 26 heavy (non-hydrogen) atoms. The number of carbonyl (C=O) groups excluding carboxylic acids is 1. The fourth-order valence-corrected chi connectivity index (χ4v) is 3.04. The molecule has 0 fully saturated rings. The van der Waals surface area contributed by atoms with Crippen molar-refractivity contribution in [2.24, 2.45) is 0 Å². The Kier molecular flexibility index (Phi) is 4.45. The lowest BCUT2D eigenvalue weighted by Gasteiger charge is -2.28. The average Bonchev–Trinajstić information content (AvgIpc) is 2.93. The van der Waals surface area contributed by atoms with E-state index in [2.05, 4.69) is 0 Å². The Hall–Kier alpha value is -2.52. The first-order valence-electron chi connectivity index (χ1n) is 7.54. The van der Waals surface area contributed by atoms with Gasteiger partial charge in [0.25, 0.3) is 0 Å². The highest BCUT2D eigenvalue weighted by molar-refractivity contribution is 6.62. The molecule has 5 nitrogen and oxygen atoms in total. The maximum Gasteiger partial charge on any atom is 0.493 e. The van der Waals surface area contributed by atoms with E-state index in [9.17, 15) is 23.0 Å². The Balaban J connectivity index is 2.25. The van der Waals surface area contributed by atoms with E-state index in [0.717, 1.165) is 19.2 Å². The molecule has 3 rings (SSSR count). The van der Waals surface area contributed by atoms with Gasteiger partial charge in [0.15, 0.2) is 0 Å². The van der Waals surface area contributed by atoms with Crippen molar-refractivity contribution in [1.82, 2.24) is 0 Å². The molecule has 0 saturated carbocycles. The van der Waals surface area contributed by atoms with Crippen LogP contribution in [0.15, 0.2) is 42.5 Å². The van der Waals surface area contributed by atoms with Gasteiger partial charge in [-0.05, 0) is 40.9 Å². The second kappa shape index (κ2) is 6.33. The summed E-state index contributed by atoms with van der Waals surface area (Å²) in [7, 11) is 0.980. The summed E-state index contributed by atoms with van der Waals surface area (Å²) in [5.74, 6) is -0.545. The van der Waals surface area contributed by atoms with Gasteiger partial charge in [0.05, 0.1) is 19.8 Å². The maximum atomic E-state index is 13.1. The van der Waals surface area contributed by atoms with Gasteiger partial charge in [-0.3, -0.25) is 0 Å². The number of benzene rings is 2. The second-order valence-electron chi connectivity index (χ2n) is 5.67. The van der Waals surface area contributed by atoms with Crippen LogP contribution in [0, 0.1) is 0 Å². The molecule has 0 spiro atoms. The molecule has 0 saturated heterocycles. The van der Waals surface area contributed by atoms with Crippen LogP contribution in [0.5, 0.6) is 5.75 Å². The molecule has 0 aliphatic carbocycles. The van der Waals surface area contributed by atoms with Crippen molar-refractivity contribution in [3.8, 4) is 5.75 Å². The van der Waals surface area contributed by atoms with Crippen LogP contribution in [0.4, 0.5) is 13.2 Å². The highest BCUT2D eigenvalue weighted by Crippen LogP contribution is 2.41. The van der Waals surface area contributed by atoms with Gasteiger partial charge in [0, 0.05) is 0 Å². The fourth-order valence-electron chi connectivity index (χ4n) is 3.04.